The molecule has 0 heterocycles. The Balaban J connectivity index is 2.07. The Morgan fingerprint density at radius 1 is 0.958 bits per heavy atom. The van der Waals surface area contributed by atoms with E-state index in [-0.39, 0.29) is 17.7 Å². The summed E-state index contributed by atoms with van der Waals surface area (Å²) >= 11 is 2.21. The van der Waals surface area contributed by atoms with Crippen LogP contribution in [0.3, 0.4) is 0 Å². The molecule has 0 aliphatic carbocycles. The van der Waals surface area contributed by atoms with Gasteiger partial charge in [-0.3, -0.25) is 9.59 Å². The Morgan fingerprint density at radius 2 is 1.54 bits per heavy atom. The Morgan fingerprint density at radius 3 is 2.08 bits per heavy atom. The molecule has 0 fully saturated rings. The number of carbonyl (C=O) groups is 2. The number of rotatable bonds is 5. The molecule has 1 unspecified atom stereocenters. The van der Waals surface area contributed by atoms with Crippen molar-refractivity contribution >= 4 is 40.1 Å². The topological polar surface area (TPSA) is 58.2 Å². The Bertz CT molecular complexity index is 709. The number of anilines is 1. The molecule has 0 bridgehead atoms. The zero-order valence-electron chi connectivity index (χ0n) is 14.0. The fourth-order valence-corrected chi connectivity index (χ4v) is 2.58. The predicted molar refractivity (Wildman–Crippen MR) is 105 cm³/mol. The van der Waals surface area contributed by atoms with E-state index in [0.29, 0.717) is 5.56 Å². The highest BCUT2D eigenvalue weighted by molar-refractivity contribution is 14.1. The van der Waals surface area contributed by atoms with E-state index >= 15 is 0 Å². The molecule has 1 atom stereocenters. The number of carbonyl (C=O) groups excluding carboxylic acids is 2. The molecule has 0 saturated carbocycles. The van der Waals surface area contributed by atoms with E-state index in [0.717, 1.165) is 14.8 Å². The Kier molecular flexibility index (Phi) is 6.36. The summed E-state index contributed by atoms with van der Waals surface area (Å²) in [6.45, 7) is 5.79. The summed E-state index contributed by atoms with van der Waals surface area (Å²) in [4.78, 5) is 24.9. The highest BCUT2D eigenvalue weighted by atomic mass is 127. The van der Waals surface area contributed by atoms with Gasteiger partial charge in [0.1, 0.15) is 6.04 Å². The lowest BCUT2D eigenvalue weighted by Gasteiger charge is -2.22. The van der Waals surface area contributed by atoms with E-state index in [1.165, 1.54) is 0 Å². The lowest BCUT2D eigenvalue weighted by molar-refractivity contribution is -0.118. The van der Waals surface area contributed by atoms with Crippen LogP contribution in [-0.2, 0) is 4.79 Å². The summed E-state index contributed by atoms with van der Waals surface area (Å²) in [6, 6.07) is 14.2. The van der Waals surface area contributed by atoms with Gasteiger partial charge in [0.05, 0.1) is 0 Å². The summed E-state index contributed by atoms with van der Waals surface area (Å²) in [5.41, 5.74) is 2.35. The van der Waals surface area contributed by atoms with Crippen LogP contribution >= 0.6 is 22.6 Å². The van der Waals surface area contributed by atoms with Crippen molar-refractivity contribution in [1.29, 1.82) is 0 Å². The SMILES string of the molecule is Cc1ccc(C(=O)NC(C(=O)Nc2ccc(I)cc2)C(C)C)cc1. The molecule has 0 aromatic heterocycles. The molecule has 0 saturated heterocycles. The van der Waals surface area contributed by atoms with Gasteiger partial charge in [-0.1, -0.05) is 31.5 Å². The Labute approximate surface area is 156 Å². The fourth-order valence-electron chi connectivity index (χ4n) is 2.22. The molecule has 0 aliphatic rings. The lowest BCUT2D eigenvalue weighted by Crippen LogP contribution is -2.47. The number of aryl methyl sites for hydroxylation is 1. The van der Waals surface area contributed by atoms with E-state index in [2.05, 4.69) is 33.2 Å². The quantitative estimate of drug-likeness (QED) is 0.697. The maximum absolute atomic E-state index is 12.5. The molecular weight excluding hydrogens is 415 g/mol. The van der Waals surface area contributed by atoms with Gasteiger partial charge in [0.2, 0.25) is 5.91 Å². The summed E-state index contributed by atoms with van der Waals surface area (Å²) in [6.07, 6.45) is 0. The van der Waals surface area contributed by atoms with E-state index in [1.807, 2.05) is 57.2 Å². The zero-order chi connectivity index (χ0) is 17.7. The smallest absolute Gasteiger partial charge is 0.251 e. The standard InChI is InChI=1S/C19H21IN2O2/c1-12(2)17(19(24)21-16-10-8-15(20)9-11-16)22-18(23)14-6-4-13(3)5-7-14/h4-12,17H,1-3H3,(H,21,24)(H,22,23). The van der Waals surface area contributed by atoms with E-state index in [9.17, 15) is 9.59 Å². The van der Waals surface area contributed by atoms with Crippen LogP contribution in [0.2, 0.25) is 0 Å². The van der Waals surface area contributed by atoms with Crippen LogP contribution in [0.25, 0.3) is 0 Å². The van der Waals surface area contributed by atoms with E-state index in [4.69, 9.17) is 0 Å². The summed E-state index contributed by atoms with van der Waals surface area (Å²) in [7, 11) is 0. The second kappa shape index (κ2) is 8.28. The van der Waals surface area contributed by atoms with Crippen molar-refractivity contribution in [1.82, 2.24) is 5.32 Å². The van der Waals surface area contributed by atoms with Crippen LogP contribution in [-0.4, -0.2) is 17.9 Å². The van der Waals surface area contributed by atoms with Gasteiger partial charge >= 0.3 is 0 Å². The molecule has 24 heavy (non-hydrogen) atoms. The predicted octanol–water partition coefficient (Wildman–Crippen LogP) is 3.99. The molecule has 4 nitrogen and oxygen atoms in total. The average molecular weight is 436 g/mol. The summed E-state index contributed by atoms with van der Waals surface area (Å²) in [5, 5.41) is 5.69. The van der Waals surface area contributed by atoms with Crippen LogP contribution in [0.15, 0.2) is 48.5 Å². The minimum Gasteiger partial charge on any atom is -0.340 e. The van der Waals surface area contributed by atoms with Crippen molar-refractivity contribution in [2.24, 2.45) is 5.92 Å². The highest BCUT2D eigenvalue weighted by Crippen LogP contribution is 2.13. The molecule has 2 rings (SSSR count). The van der Waals surface area contributed by atoms with Gasteiger partial charge in [0, 0.05) is 14.8 Å². The molecule has 0 spiro atoms. The number of hydrogen-bond acceptors (Lipinski definition) is 2. The number of benzene rings is 2. The minimum absolute atomic E-state index is 0.0248. The first-order chi connectivity index (χ1) is 11.4. The minimum atomic E-state index is -0.599. The van der Waals surface area contributed by atoms with Gasteiger partial charge in [-0.25, -0.2) is 0 Å². The molecule has 2 N–H and O–H groups in total. The van der Waals surface area contributed by atoms with E-state index in [1.54, 1.807) is 12.1 Å². The van der Waals surface area contributed by atoms with Crippen molar-refractivity contribution in [2.75, 3.05) is 5.32 Å². The summed E-state index contributed by atoms with van der Waals surface area (Å²) in [5.74, 6) is -0.485. The maximum atomic E-state index is 12.5. The first-order valence-electron chi connectivity index (χ1n) is 7.81. The number of nitrogens with one attached hydrogen (secondary N) is 2. The van der Waals surface area contributed by atoms with Crippen LogP contribution in [0.1, 0.15) is 29.8 Å². The third kappa shape index (κ3) is 5.06. The molecule has 0 radical (unpaired) electrons. The van der Waals surface area contributed by atoms with Crippen LogP contribution < -0.4 is 10.6 Å². The normalized spacial score (nSPS) is 11.9. The van der Waals surface area contributed by atoms with Crippen molar-refractivity contribution in [3.8, 4) is 0 Å². The van der Waals surface area contributed by atoms with Gasteiger partial charge in [-0.15, -0.1) is 0 Å². The van der Waals surface area contributed by atoms with Gasteiger partial charge < -0.3 is 10.6 Å². The van der Waals surface area contributed by atoms with Crippen LogP contribution in [0, 0.1) is 16.4 Å². The number of amides is 2. The molecule has 0 aliphatic heterocycles. The third-order valence-electron chi connectivity index (χ3n) is 3.66. The second-order valence-corrected chi connectivity index (χ2v) is 7.30. The van der Waals surface area contributed by atoms with Crippen molar-refractivity contribution in [3.63, 3.8) is 0 Å². The maximum Gasteiger partial charge on any atom is 0.251 e. The molecule has 2 aromatic rings. The first kappa shape index (κ1) is 18.4. The van der Waals surface area contributed by atoms with Gasteiger partial charge in [0.25, 0.3) is 5.91 Å². The monoisotopic (exact) mass is 436 g/mol. The van der Waals surface area contributed by atoms with Crippen LogP contribution in [0.4, 0.5) is 5.69 Å². The van der Waals surface area contributed by atoms with Gasteiger partial charge in [0.15, 0.2) is 0 Å². The van der Waals surface area contributed by atoms with Crippen molar-refractivity contribution in [3.05, 3.63) is 63.2 Å². The number of hydrogen-bond donors (Lipinski definition) is 2. The van der Waals surface area contributed by atoms with Gasteiger partial charge in [-0.05, 0) is 71.8 Å². The average Bonchev–Trinajstić information content (AvgIpc) is 2.54. The van der Waals surface area contributed by atoms with Gasteiger partial charge in [-0.2, -0.15) is 0 Å². The van der Waals surface area contributed by atoms with Crippen molar-refractivity contribution < 1.29 is 9.59 Å². The zero-order valence-corrected chi connectivity index (χ0v) is 16.1. The molecular formula is C19H21IN2O2. The summed E-state index contributed by atoms with van der Waals surface area (Å²) < 4.78 is 1.10. The molecule has 126 valence electrons. The highest BCUT2D eigenvalue weighted by Gasteiger charge is 2.24. The second-order valence-electron chi connectivity index (χ2n) is 6.06. The molecule has 2 amide bonds. The molecule has 5 heteroatoms. The fraction of sp³-hybridized carbons (Fsp3) is 0.263. The number of halogens is 1. The van der Waals surface area contributed by atoms with Crippen molar-refractivity contribution in [2.45, 2.75) is 26.8 Å². The van der Waals surface area contributed by atoms with E-state index < -0.39 is 6.04 Å². The first-order valence-corrected chi connectivity index (χ1v) is 8.88. The third-order valence-corrected chi connectivity index (χ3v) is 4.38. The molecule has 2 aromatic carbocycles. The van der Waals surface area contributed by atoms with Crippen LogP contribution in [0.5, 0.6) is 0 Å². The Hall–Kier alpha value is -1.89. The largest absolute Gasteiger partial charge is 0.340 e. The lowest BCUT2D eigenvalue weighted by atomic mass is 10.0.